The van der Waals surface area contributed by atoms with Crippen LogP contribution in [-0.4, -0.2) is 38.8 Å². The van der Waals surface area contributed by atoms with Gasteiger partial charge in [0, 0.05) is 31.7 Å². The molecule has 0 aliphatic rings. The summed E-state index contributed by atoms with van der Waals surface area (Å²) in [6.07, 6.45) is 3.45. The normalized spacial score (nSPS) is 11.0. The molecule has 0 saturated heterocycles. The van der Waals surface area contributed by atoms with Crippen LogP contribution in [0.1, 0.15) is 17.0 Å². The number of anilines is 2. The van der Waals surface area contributed by atoms with Crippen LogP contribution in [0.5, 0.6) is 0 Å². The fraction of sp³-hybridized carbons (Fsp3) is 0.238. The average Bonchev–Trinajstić information content (AvgIpc) is 3.04. The van der Waals surface area contributed by atoms with Crippen molar-refractivity contribution in [3.05, 3.63) is 65.7 Å². The van der Waals surface area contributed by atoms with Crippen LogP contribution in [-0.2, 0) is 6.54 Å². The maximum Gasteiger partial charge on any atom is 0.174 e. The summed E-state index contributed by atoms with van der Waals surface area (Å²) < 4.78 is 1.81. The van der Waals surface area contributed by atoms with Crippen LogP contribution in [0, 0.1) is 13.8 Å². The van der Waals surface area contributed by atoms with E-state index in [0.29, 0.717) is 18.2 Å². The fourth-order valence-electron chi connectivity index (χ4n) is 3.20. The first-order valence-electron chi connectivity index (χ1n) is 9.17. The Bertz CT molecular complexity index is 1130. The van der Waals surface area contributed by atoms with Gasteiger partial charge in [-0.3, -0.25) is 4.98 Å². The Morgan fingerprint density at radius 3 is 2.61 bits per heavy atom. The van der Waals surface area contributed by atoms with Gasteiger partial charge in [0.15, 0.2) is 5.82 Å². The molecule has 1 aromatic carbocycles. The molecule has 4 rings (SSSR count). The number of aryl methyl sites for hydroxylation is 2. The van der Waals surface area contributed by atoms with Crippen molar-refractivity contribution in [2.24, 2.45) is 0 Å². The van der Waals surface area contributed by atoms with Crippen LogP contribution in [0.2, 0.25) is 0 Å². The van der Waals surface area contributed by atoms with E-state index in [1.54, 1.807) is 17.1 Å². The molecule has 7 heteroatoms. The summed E-state index contributed by atoms with van der Waals surface area (Å²) in [5.41, 5.74) is 4.12. The molecular weight excluding hydrogens is 350 g/mol. The van der Waals surface area contributed by atoms with Crippen molar-refractivity contribution in [2.75, 3.05) is 24.3 Å². The predicted octanol–water partition coefficient (Wildman–Crippen LogP) is 3.51. The topological polar surface area (TPSA) is 71.8 Å². The van der Waals surface area contributed by atoms with Crippen molar-refractivity contribution in [1.29, 1.82) is 0 Å². The Kier molecular flexibility index (Phi) is 4.65. The summed E-state index contributed by atoms with van der Waals surface area (Å²) in [4.78, 5) is 15.7. The van der Waals surface area contributed by atoms with Crippen LogP contribution in [0.15, 0.2) is 48.8 Å². The molecule has 0 radical (unpaired) electrons. The first-order valence-corrected chi connectivity index (χ1v) is 9.17. The zero-order valence-electron chi connectivity index (χ0n) is 16.5. The molecule has 0 unspecified atom stereocenters. The van der Waals surface area contributed by atoms with Crippen LogP contribution >= 0.6 is 0 Å². The van der Waals surface area contributed by atoms with Crippen molar-refractivity contribution in [2.45, 2.75) is 20.4 Å². The number of nitrogens with one attached hydrogen (secondary N) is 1. The van der Waals surface area contributed by atoms with Crippen molar-refractivity contribution in [3.8, 4) is 5.82 Å². The van der Waals surface area contributed by atoms with Gasteiger partial charge in [-0.05, 0) is 37.6 Å². The third-order valence-corrected chi connectivity index (χ3v) is 4.55. The standard InChI is InChI=1S/C21H23N7/c1-14-9-15(2)28(26-14)21-13-22-12-19(25-21)23-11-16-10-20(27(3)4)24-18-8-6-5-7-17(16)18/h5-10,12-13H,11H2,1-4H3,(H,23,25). The highest BCUT2D eigenvalue weighted by Crippen LogP contribution is 2.23. The molecule has 0 aliphatic heterocycles. The number of fused-ring (bicyclic) bond motifs is 1. The Morgan fingerprint density at radius 2 is 1.86 bits per heavy atom. The third-order valence-electron chi connectivity index (χ3n) is 4.55. The summed E-state index contributed by atoms with van der Waals surface area (Å²) in [6, 6.07) is 12.3. The van der Waals surface area contributed by atoms with Gasteiger partial charge in [-0.25, -0.2) is 14.6 Å². The Balaban J connectivity index is 1.63. The average molecular weight is 373 g/mol. The van der Waals surface area contributed by atoms with E-state index in [1.807, 2.05) is 57.1 Å². The molecule has 3 aromatic heterocycles. The maximum absolute atomic E-state index is 4.71. The molecule has 0 saturated carbocycles. The van der Waals surface area contributed by atoms with E-state index < -0.39 is 0 Å². The molecular formula is C21H23N7. The molecule has 142 valence electrons. The van der Waals surface area contributed by atoms with Gasteiger partial charge in [0.2, 0.25) is 0 Å². The second-order valence-electron chi connectivity index (χ2n) is 7.01. The van der Waals surface area contributed by atoms with Gasteiger partial charge in [-0.15, -0.1) is 0 Å². The number of rotatable bonds is 5. The van der Waals surface area contributed by atoms with Crippen molar-refractivity contribution in [3.63, 3.8) is 0 Å². The van der Waals surface area contributed by atoms with Crippen molar-refractivity contribution >= 4 is 22.5 Å². The van der Waals surface area contributed by atoms with E-state index in [0.717, 1.165) is 33.7 Å². The highest BCUT2D eigenvalue weighted by atomic mass is 15.3. The Labute approximate surface area is 164 Å². The summed E-state index contributed by atoms with van der Waals surface area (Å²) in [6.45, 7) is 4.60. The van der Waals surface area contributed by atoms with Gasteiger partial charge >= 0.3 is 0 Å². The van der Waals surface area contributed by atoms with Gasteiger partial charge in [0.05, 0.1) is 23.6 Å². The molecule has 28 heavy (non-hydrogen) atoms. The molecule has 0 bridgehead atoms. The Morgan fingerprint density at radius 1 is 1.04 bits per heavy atom. The summed E-state index contributed by atoms with van der Waals surface area (Å²) in [7, 11) is 4.00. The van der Waals surface area contributed by atoms with E-state index >= 15 is 0 Å². The molecule has 0 spiro atoms. The zero-order chi connectivity index (χ0) is 19.7. The van der Waals surface area contributed by atoms with Crippen molar-refractivity contribution in [1.82, 2.24) is 24.7 Å². The van der Waals surface area contributed by atoms with Crippen molar-refractivity contribution < 1.29 is 0 Å². The molecule has 7 nitrogen and oxygen atoms in total. The number of hydrogen-bond acceptors (Lipinski definition) is 6. The SMILES string of the molecule is Cc1cc(C)n(-c2cncc(NCc3cc(N(C)C)nc4ccccc34)n2)n1. The van der Waals surface area contributed by atoms with E-state index in [4.69, 9.17) is 4.98 Å². The van der Waals surface area contributed by atoms with Crippen LogP contribution < -0.4 is 10.2 Å². The summed E-state index contributed by atoms with van der Waals surface area (Å²) in [5.74, 6) is 2.33. The largest absolute Gasteiger partial charge is 0.365 e. The highest BCUT2D eigenvalue weighted by Gasteiger charge is 2.09. The number of pyridine rings is 1. The molecule has 0 fully saturated rings. The molecule has 3 heterocycles. The van der Waals surface area contributed by atoms with E-state index in [2.05, 4.69) is 32.5 Å². The Hall–Kier alpha value is -3.48. The second-order valence-corrected chi connectivity index (χ2v) is 7.01. The number of hydrogen-bond donors (Lipinski definition) is 1. The van der Waals surface area contributed by atoms with E-state index in [-0.39, 0.29) is 0 Å². The van der Waals surface area contributed by atoms with Crippen LogP contribution in [0.25, 0.3) is 16.7 Å². The summed E-state index contributed by atoms with van der Waals surface area (Å²) >= 11 is 0. The minimum absolute atomic E-state index is 0.624. The van der Waals surface area contributed by atoms with Gasteiger partial charge in [-0.2, -0.15) is 5.10 Å². The second kappa shape index (κ2) is 7.26. The third kappa shape index (κ3) is 3.51. The number of nitrogens with zero attached hydrogens (tertiary/aromatic N) is 6. The monoisotopic (exact) mass is 373 g/mol. The minimum atomic E-state index is 0.624. The molecule has 1 N–H and O–H groups in total. The van der Waals surface area contributed by atoms with E-state index in [1.165, 1.54) is 0 Å². The molecule has 0 amide bonds. The lowest BCUT2D eigenvalue weighted by atomic mass is 10.1. The lowest BCUT2D eigenvalue weighted by Gasteiger charge is -2.16. The van der Waals surface area contributed by atoms with Gasteiger partial charge in [0.25, 0.3) is 0 Å². The van der Waals surface area contributed by atoms with Crippen LogP contribution in [0.3, 0.4) is 0 Å². The quantitative estimate of drug-likeness (QED) is 0.577. The molecule has 0 aliphatic carbocycles. The first-order chi connectivity index (χ1) is 13.5. The summed E-state index contributed by atoms with van der Waals surface area (Å²) in [5, 5.41) is 9.01. The van der Waals surface area contributed by atoms with Gasteiger partial charge in [0.1, 0.15) is 11.6 Å². The van der Waals surface area contributed by atoms with E-state index in [9.17, 15) is 0 Å². The lowest BCUT2D eigenvalue weighted by molar-refractivity contribution is 0.799. The number of benzene rings is 1. The highest BCUT2D eigenvalue weighted by molar-refractivity contribution is 5.84. The fourth-order valence-corrected chi connectivity index (χ4v) is 3.20. The minimum Gasteiger partial charge on any atom is -0.365 e. The molecule has 4 aromatic rings. The smallest absolute Gasteiger partial charge is 0.174 e. The molecule has 0 atom stereocenters. The zero-order valence-corrected chi connectivity index (χ0v) is 16.5. The lowest BCUT2D eigenvalue weighted by Crippen LogP contribution is -2.12. The van der Waals surface area contributed by atoms with Gasteiger partial charge in [-0.1, -0.05) is 18.2 Å². The van der Waals surface area contributed by atoms with Crippen LogP contribution in [0.4, 0.5) is 11.6 Å². The number of para-hydroxylation sites is 1. The predicted molar refractivity (Wildman–Crippen MR) is 112 cm³/mol. The maximum atomic E-state index is 4.71. The number of aromatic nitrogens is 5. The first kappa shape index (κ1) is 17.9. The van der Waals surface area contributed by atoms with Gasteiger partial charge < -0.3 is 10.2 Å².